The minimum Gasteiger partial charge on any atom is -0.388 e. The Bertz CT molecular complexity index is 275. The van der Waals surface area contributed by atoms with Crippen LogP contribution in [0.4, 0.5) is 0 Å². The molecule has 1 fully saturated rings. The monoisotopic (exact) mass is 192 g/mol. The van der Waals surface area contributed by atoms with E-state index in [2.05, 4.69) is 26.5 Å². The number of allylic oxidation sites excluding steroid dienone is 1. The molecule has 1 saturated carbocycles. The van der Waals surface area contributed by atoms with Crippen molar-refractivity contribution in [2.45, 2.75) is 39.2 Å². The molecule has 0 saturated heterocycles. The lowest BCUT2D eigenvalue weighted by molar-refractivity contribution is -0.0212. The van der Waals surface area contributed by atoms with E-state index in [-0.39, 0.29) is 6.10 Å². The third-order valence-electron chi connectivity index (χ3n) is 4.29. The first kappa shape index (κ1) is 9.97. The molecule has 3 atom stereocenters. The molecule has 3 rings (SSSR count). The fourth-order valence-corrected chi connectivity index (χ4v) is 3.06. The number of hydrogen-bond acceptors (Lipinski definition) is 1. The number of rotatable bonds is 3. The summed E-state index contributed by atoms with van der Waals surface area (Å²) in [5.74, 6) is 1.48. The van der Waals surface area contributed by atoms with E-state index in [0.717, 1.165) is 12.3 Å². The second-order valence-electron chi connectivity index (χ2n) is 5.29. The minimum atomic E-state index is -0.280. The summed E-state index contributed by atoms with van der Waals surface area (Å²) in [6.45, 7) is 8.35. The summed E-state index contributed by atoms with van der Waals surface area (Å²) in [7, 11) is 0. The lowest BCUT2D eigenvalue weighted by atomic mass is 9.48. The van der Waals surface area contributed by atoms with E-state index in [0.29, 0.717) is 17.8 Å². The zero-order chi connectivity index (χ0) is 10.3. The first-order valence-electron chi connectivity index (χ1n) is 5.56. The lowest BCUT2D eigenvalue weighted by Gasteiger charge is -2.57. The number of aliphatic hydroxyl groups is 1. The lowest BCUT2D eigenvalue weighted by Crippen LogP contribution is -2.49. The molecule has 1 N–H and O–H groups in total. The van der Waals surface area contributed by atoms with Gasteiger partial charge < -0.3 is 5.11 Å². The first-order valence-corrected chi connectivity index (χ1v) is 5.56. The molecule has 0 aliphatic heterocycles. The summed E-state index contributed by atoms with van der Waals surface area (Å²) < 4.78 is 0. The molecule has 14 heavy (non-hydrogen) atoms. The van der Waals surface area contributed by atoms with Crippen LogP contribution in [-0.4, -0.2) is 11.2 Å². The fourth-order valence-electron chi connectivity index (χ4n) is 3.06. The summed E-state index contributed by atoms with van der Waals surface area (Å²) in [6.07, 6.45) is 6.93. The van der Waals surface area contributed by atoms with Crippen LogP contribution in [0.2, 0.25) is 0 Å². The predicted octanol–water partition coefficient (Wildman–Crippen LogP) is 2.92. The van der Waals surface area contributed by atoms with Crippen LogP contribution in [-0.2, 0) is 0 Å². The van der Waals surface area contributed by atoms with E-state index in [1.165, 1.54) is 12.0 Å². The van der Waals surface area contributed by atoms with Crippen LogP contribution in [0.1, 0.15) is 33.1 Å². The third kappa shape index (κ3) is 1.26. The van der Waals surface area contributed by atoms with Gasteiger partial charge in [-0.1, -0.05) is 26.0 Å². The average molecular weight is 192 g/mol. The van der Waals surface area contributed by atoms with Gasteiger partial charge in [0.15, 0.2) is 0 Å². The average Bonchev–Trinajstić information content (AvgIpc) is 2.18. The summed E-state index contributed by atoms with van der Waals surface area (Å²) in [5, 5.41) is 9.96. The van der Waals surface area contributed by atoms with E-state index in [1.807, 2.05) is 6.08 Å². The van der Waals surface area contributed by atoms with Gasteiger partial charge in [0.05, 0.1) is 6.10 Å². The summed E-state index contributed by atoms with van der Waals surface area (Å²) in [6, 6.07) is 0. The van der Waals surface area contributed by atoms with Gasteiger partial charge in [0.2, 0.25) is 0 Å². The largest absolute Gasteiger partial charge is 0.388 e. The van der Waals surface area contributed by atoms with Crippen molar-refractivity contribution in [3.63, 3.8) is 0 Å². The van der Waals surface area contributed by atoms with Gasteiger partial charge in [-0.2, -0.15) is 0 Å². The van der Waals surface area contributed by atoms with Gasteiger partial charge in [-0.25, -0.2) is 0 Å². The smallest absolute Gasteiger partial charge is 0.0787 e. The van der Waals surface area contributed by atoms with Gasteiger partial charge in [0, 0.05) is 0 Å². The van der Waals surface area contributed by atoms with Crippen molar-refractivity contribution < 1.29 is 5.11 Å². The summed E-state index contributed by atoms with van der Waals surface area (Å²) in [5.41, 5.74) is 1.70. The molecule has 1 nitrogen and oxygen atoms in total. The number of hydrogen-bond donors (Lipinski definition) is 1. The maximum atomic E-state index is 9.96. The van der Waals surface area contributed by atoms with Gasteiger partial charge in [0.1, 0.15) is 0 Å². The molecule has 0 aromatic carbocycles. The molecule has 3 aliphatic rings. The Labute approximate surface area is 86.5 Å². The molecule has 1 unspecified atom stereocenters. The van der Waals surface area contributed by atoms with Crippen LogP contribution in [0.25, 0.3) is 0 Å². The molecule has 1 heteroatoms. The van der Waals surface area contributed by atoms with Crippen molar-refractivity contribution in [2.24, 2.45) is 17.3 Å². The zero-order valence-electron chi connectivity index (χ0n) is 9.16. The Balaban J connectivity index is 2.14. The molecule has 3 aliphatic carbocycles. The molecule has 78 valence electrons. The second-order valence-corrected chi connectivity index (χ2v) is 5.29. The number of aliphatic hydroxyl groups excluding tert-OH is 1. The van der Waals surface area contributed by atoms with Crippen molar-refractivity contribution in [2.75, 3.05) is 0 Å². The highest BCUT2D eigenvalue weighted by Gasteiger charge is 2.51. The summed E-state index contributed by atoms with van der Waals surface area (Å²) >= 11 is 0. The van der Waals surface area contributed by atoms with Crippen molar-refractivity contribution in [1.29, 1.82) is 0 Å². The molecular formula is C13H20O. The highest BCUT2D eigenvalue weighted by molar-refractivity contribution is 5.26. The van der Waals surface area contributed by atoms with E-state index in [4.69, 9.17) is 0 Å². The van der Waals surface area contributed by atoms with Gasteiger partial charge >= 0.3 is 0 Å². The van der Waals surface area contributed by atoms with E-state index in [9.17, 15) is 5.11 Å². The predicted molar refractivity (Wildman–Crippen MR) is 58.9 cm³/mol. The molecular weight excluding hydrogens is 172 g/mol. The van der Waals surface area contributed by atoms with Crippen molar-refractivity contribution in [3.8, 4) is 0 Å². The zero-order valence-corrected chi connectivity index (χ0v) is 9.16. The SMILES string of the molecule is C=CCC(O)C1=CC[C@@H]2C[C@H]1C2(C)C. The first-order chi connectivity index (χ1) is 6.57. The van der Waals surface area contributed by atoms with E-state index >= 15 is 0 Å². The van der Waals surface area contributed by atoms with Crippen molar-refractivity contribution in [3.05, 3.63) is 24.3 Å². The van der Waals surface area contributed by atoms with Crippen LogP contribution < -0.4 is 0 Å². The van der Waals surface area contributed by atoms with Crippen LogP contribution in [0.3, 0.4) is 0 Å². The molecule has 0 amide bonds. The quantitative estimate of drug-likeness (QED) is 0.682. The van der Waals surface area contributed by atoms with Crippen molar-refractivity contribution in [1.82, 2.24) is 0 Å². The molecule has 0 radical (unpaired) electrons. The Morgan fingerprint density at radius 3 is 2.93 bits per heavy atom. The Morgan fingerprint density at radius 2 is 2.43 bits per heavy atom. The normalized spacial score (nSPS) is 35.5. The molecule has 0 spiro atoms. The van der Waals surface area contributed by atoms with Gasteiger partial charge in [-0.05, 0) is 42.1 Å². The van der Waals surface area contributed by atoms with Gasteiger partial charge in [0.25, 0.3) is 0 Å². The minimum absolute atomic E-state index is 0.280. The highest BCUT2D eigenvalue weighted by Crippen LogP contribution is 2.59. The molecule has 0 aromatic rings. The van der Waals surface area contributed by atoms with Crippen LogP contribution in [0.15, 0.2) is 24.3 Å². The standard InChI is InChI=1S/C13H20O/c1-4-5-12(14)10-7-6-9-8-11(10)13(9,2)3/h4,7,9,11-12,14H,1,5-6,8H2,2-3H3/t9-,11-,12?/m1/s1. The number of fused-ring (bicyclic) bond motifs is 1. The third-order valence-corrected chi connectivity index (χ3v) is 4.29. The van der Waals surface area contributed by atoms with Crippen LogP contribution in [0, 0.1) is 17.3 Å². The topological polar surface area (TPSA) is 20.2 Å². The maximum Gasteiger partial charge on any atom is 0.0787 e. The van der Waals surface area contributed by atoms with Gasteiger partial charge in [-0.3, -0.25) is 0 Å². The molecule has 0 aromatic heterocycles. The second kappa shape index (κ2) is 3.23. The fraction of sp³-hybridized carbons (Fsp3) is 0.692. The van der Waals surface area contributed by atoms with E-state index in [1.54, 1.807) is 0 Å². The Morgan fingerprint density at radius 1 is 1.71 bits per heavy atom. The summed E-state index contributed by atoms with van der Waals surface area (Å²) in [4.78, 5) is 0. The van der Waals surface area contributed by atoms with E-state index < -0.39 is 0 Å². The Kier molecular flexibility index (Phi) is 2.30. The maximum absolute atomic E-state index is 9.96. The van der Waals surface area contributed by atoms with Crippen LogP contribution in [0.5, 0.6) is 0 Å². The molecule has 2 bridgehead atoms. The molecule has 0 heterocycles. The van der Waals surface area contributed by atoms with Gasteiger partial charge in [-0.15, -0.1) is 6.58 Å². The van der Waals surface area contributed by atoms with Crippen LogP contribution >= 0.6 is 0 Å². The van der Waals surface area contributed by atoms with Crippen molar-refractivity contribution >= 4 is 0 Å². The highest BCUT2D eigenvalue weighted by atomic mass is 16.3. The Hall–Kier alpha value is -0.560.